The van der Waals surface area contributed by atoms with Gasteiger partial charge < -0.3 is 13.7 Å². The van der Waals surface area contributed by atoms with Crippen LogP contribution in [0.1, 0.15) is 12.5 Å². The molecule has 24 heavy (non-hydrogen) atoms. The van der Waals surface area contributed by atoms with Gasteiger partial charge in [0.15, 0.2) is 6.10 Å². The molecule has 1 amide bonds. The monoisotopic (exact) mass is 328 g/mol. The number of hydrogen-bond acceptors (Lipinski definition) is 6. The summed E-state index contributed by atoms with van der Waals surface area (Å²) in [5, 5.41) is 10.9. The maximum Gasteiger partial charge on any atom is 0.336 e. The van der Waals surface area contributed by atoms with Crippen LogP contribution in [-0.2, 0) is 11.8 Å². The molecule has 0 spiro atoms. The summed E-state index contributed by atoms with van der Waals surface area (Å²) in [6.07, 6.45) is 0.747. The predicted molar refractivity (Wildman–Crippen MR) is 86.9 cm³/mol. The Labute approximate surface area is 137 Å². The zero-order chi connectivity index (χ0) is 17.3. The number of carbonyl (C=O) groups is 1. The van der Waals surface area contributed by atoms with E-state index in [1.54, 1.807) is 36.7 Å². The number of hydrogen-bond donors (Lipinski definition) is 1. The van der Waals surface area contributed by atoms with Crippen LogP contribution in [-0.4, -0.2) is 26.8 Å². The van der Waals surface area contributed by atoms with Crippen LogP contribution < -0.4 is 15.7 Å². The summed E-state index contributed by atoms with van der Waals surface area (Å²) in [5.74, 6) is 0.495. The van der Waals surface area contributed by atoms with Crippen LogP contribution in [0.4, 0.5) is 5.95 Å². The smallest absolute Gasteiger partial charge is 0.336 e. The maximum atomic E-state index is 12.2. The highest BCUT2D eigenvalue weighted by Crippen LogP contribution is 2.23. The summed E-state index contributed by atoms with van der Waals surface area (Å²) >= 11 is 0. The first-order chi connectivity index (χ1) is 11.4. The van der Waals surface area contributed by atoms with Crippen molar-refractivity contribution in [3.05, 3.63) is 46.6 Å². The van der Waals surface area contributed by atoms with E-state index in [0.717, 1.165) is 10.9 Å². The highest BCUT2D eigenvalue weighted by Gasteiger charge is 2.17. The Morgan fingerprint density at radius 1 is 1.38 bits per heavy atom. The second-order valence-electron chi connectivity index (χ2n) is 5.42. The van der Waals surface area contributed by atoms with E-state index < -0.39 is 11.7 Å². The van der Waals surface area contributed by atoms with Crippen molar-refractivity contribution in [1.82, 2.24) is 14.8 Å². The Balaban J connectivity index is 1.77. The molecule has 2 heterocycles. The molecule has 0 saturated heterocycles. The molecule has 8 nitrogen and oxygen atoms in total. The van der Waals surface area contributed by atoms with Crippen molar-refractivity contribution >= 4 is 22.8 Å². The van der Waals surface area contributed by atoms with Gasteiger partial charge in [0, 0.05) is 18.5 Å². The van der Waals surface area contributed by atoms with E-state index in [9.17, 15) is 9.59 Å². The Kier molecular flexibility index (Phi) is 4.03. The van der Waals surface area contributed by atoms with Crippen molar-refractivity contribution < 1.29 is 13.9 Å². The molecule has 8 heteroatoms. The minimum atomic E-state index is -0.741. The first-order valence-electron chi connectivity index (χ1n) is 7.30. The minimum absolute atomic E-state index is 0.339. The lowest BCUT2D eigenvalue weighted by Gasteiger charge is -2.14. The predicted octanol–water partition coefficient (Wildman–Crippen LogP) is 1.64. The molecule has 0 bridgehead atoms. The number of benzene rings is 1. The van der Waals surface area contributed by atoms with Crippen LogP contribution in [0.15, 0.2) is 39.8 Å². The molecular formula is C16H16N4O4. The lowest BCUT2D eigenvalue weighted by molar-refractivity contribution is -0.122. The van der Waals surface area contributed by atoms with Crippen LogP contribution in [0.3, 0.4) is 0 Å². The van der Waals surface area contributed by atoms with Crippen molar-refractivity contribution in [1.29, 1.82) is 0 Å². The molecule has 3 aromatic rings. The standard InChI is InChI=1S/C16H16N4O4/c1-9-6-14(21)24-13-5-4-11(7-12(9)13)23-10(2)15(22)18-16-19-17-8-20(16)3/h4-8,10H,1-3H3,(H,18,19,22). The minimum Gasteiger partial charge on any atom is -0.481 e. The summed E-state index contributed by atoms with van der Waals surface area (Å²) in [7, 11) is 1.72. The van der Waals surface area contributed by atoms with E-state index in [0.29, 0.717) is 17.3 Å². The van der Waals surface area contributed by atoms with Crippen molar-refractivity contribution in [2.45, 2.75) is 20.0 Å². The number of fused-ring (bicyclic) bond motifs is 1. The Hall–Kier alpha value is -3.16. The topological polar surface area (TPSA) is 99.2 Å². The van der Waals surface area contributed by atoms with E-state index in [4.69, 9.17) is 9.15 Å². The molecule has 0 radical (unpaired) electrons. The molecule has 0 aliphatic carbocycles. The number of ether oxygens (including phenoxy) is 1. The van der Waals surface area contributed by atoms with Crippen LogP contribution in [0.5, 0.6) is 5.75 Å². The van der Waals surface area contributed by atoms with Crippen molar-refractivity contribution in [2.75, 3.05) is 5.32 Å². The van der Waals surface area contributed by atoms with Crippen LogP contribution >= 0.6 is 0 Å². The zero-order valence-corrected chi connectivity index (χ0v) is 13.4. The number of aryl methyl sites for hydroxylation is 2. The summed E-state index contributed by atoms with van der Waals surface area (Å²) in [4.78, 5) is 23.5. The first kappa shape index (κ1) is 15.7. The number of nitrogens with one attached hydrogen (secondary N) is 1. The number of carbonyl (C=O) groups excluding carboxylic acids is 1. The van der Waals surface area contributed by atoms with Crippen LogP contribution in [0.2, 0.25) is 0 Å². The van der Waals surface area contributed by atoms with Gasteiger partial charge >= 0.3 is 5.63 Å². The molecule has 0 saturated carbocycles. The van der Waals surface area contributed by atoms with Crippen molar-refractivity contribution in [3.8, 4) is 5.75 Å². The number of aromatic nitrogens is 3. The number of amides is 1. The zero-order valence-electron chi connectivity index (χ0n) is 13.4. The van der Waals surface area contributed by atoms with Gasteiger partial charge in [-0.15, -0.1) is 10.2 Å². The first-order valence-corrected chi connectivity index (χ1v) is 7.30. The van der Waals surface area contributed by atoms with Gasteiger partial charge in [-0.1, -0.05) is 0 Å². The average Bonchev–Trinajstić information content (AvgIpc) is 2.93. The average molecular weight is 328 g/mol. The quantitative estimate of drug-likeness (QED) is 0.731. The van der Waals surface area contributed by atoms with E-state index in [2.05, 4.69) is 15.5 Å². The third-order valence-electron chi connectivity index (χ3n) is 3.55. The lowest BCUT2D eigenvalue weighted by Crippen LogP contribution is -2.31. The Morgan fingerprint density at radius 3 is 2.88 bits per heavy atom. The Bertz CT molecular complexity index is 960. The molecule has 1 N–H and O–H groups in total. The van der Waals surface area contributed by atoms with Crippen molar-refractivity contribution in [3.63, 3.8) is 0 Å². The molecular weight excluding hydrogens is 312 g/mol. The molecule has 0 aliphatic rings. The molecule has 2 aromatic heterocycles. The second-order valence-corrected chi connectivity index (χ2v) is 5.42. The van der Waals surface area contributed by atoms with Gasteiger partial charge in [0.1, 0.15) is 17.7 Å². The van der Waals surface area contributed by atoms with Crippen molar-refractivity contribution in [2.24, 2.45) is 7.05 Å². The molecule has 3 rings (SSSR count). The normalized spacial score (nSPS) is 12.1. The van der Waals surface area contributed by atoms with Gasteiger partial charge in [-0.2, -0.15) is 0 Å². The molecule has 1 aromatic carbocycles. The lowest BCUT2D eigenvalue weighted by atomic mass is 10.1. The highest BCUT2D eigenvalue weighted by atomic mass is 16.5. The number of nitrogens with zero attached hydrogens (tertiary/aromatic N) is 3. The SMILES string of the molecule is Cc1cc(=O)oc2ccc(OC(C)C(=O)Nc3nncn3C)cc12. The fourth-order valence-electron chi connectivity index (χ4n) is 2.24. The van der Waals surface area contributed by atoms with E-state index in [1.807, 2.05) is 6.92 Å². The molecule has 124 valence electrons. The molecule has 0 fully saturated rings. The summed E-state index contributed by atoms with van der Waals surface area (Å²) in [6.45, 7) is 3.45. The summed E-state index contributed by atoms with van der Waals surface area (Å²) < 4.78 is 12.4. The van der Waals surface area contributed by atoms with E-state index in [-0.39, 0.29) is 5.91 Å². The fourth-order valence-corrected chi connectivity index (χ4v) is 2.24. The van der Waals surface area contributed by atoms with Gasteiger partial charge in [0.2, 0.25) is 5.95 Å². The van der Waals surface area contributed by atoms with Crippen LogP contribution in [0.25, 0.3) is 11.0 Å². The van der Waals surface area contributed by atoms with Gasteiger partial charge in [-0.3, -0.25) is 10.1 Å². The second kappa shape index (κ2) is 6.15. The van der Waals surface area contributed by atoms with Gasteiger partial charge in [0.05, 0.1) is 0 Å². The molecule has 1 unspecified atom stereocenters. The number of rotatable bonds is 4. The maximum absolute atomic E-state index is 12.2. The third kappa shape index (κ3) is 3.12. The van der Waals surface area contributed by atoms with E-state index in [1.165, 1.54) is 12.4 Å². The van der Waals surface area contributed by atoms with E-state index >= 15 is 0 Å². The van der Waals surface area contributed by atoms with Gasteiger partial charge in [-0.25, -0.2) is 4.79 Å². The summed E-state index contributed by atoms with van der Waals surface area (Å²) in [5.41, 5.74) is 0.858. The largest absolute Gasteiger partial charge is 0.481 e. The molecule has 1 atom stereocenters. The molecule has 0 aliphatic heterocycles. The Morgan fingerprint density at radius 2 is 2.17 bits per heavy atom. The third-order valence-corrected chi connectivity index (χ3v) is 3.55. The van der Waals surface area contributed by atoms with Gasteiger partial charge in [0.25, 0.3) is 5.91 Å². The van der Waals surface area contributed by atoms with Crippen LogP contribution in [0, 0.1) is 6.92 Å². The summed E-state index contributed by atoms with van der Waals surface area (Å²) in [6, 6.07) is 6.44. The highest BCUT2D eigenvalue weighted by molar-refractivity contribution is 5.92. The van der Waals surface area contributed by atoms with Gasteiger partial charge in [-0.05, 0) is 37.6 Å². The fraction of sp³-hybridized carbons (Fsp3) is 0.250. The number of anilines is 1.